The molecule has 2 saturated heterocycles. The topological polar surface area (TPSA) is 116 Å². The third kappa shape index (κ3) is 8.43. The normalized spacial score (nSPS) is 20.2. The lowest BCUT2D eigenvalue weighted by Gasteiger charge is -2.39. The van der Waals surface area contributed by atoms with E-state index in [1.165, 1.54) is 11.8 Å². The largest absolute Gasteiger partial charge is 0.481 e. The highest BCUT2D eigenvalue weighted by atomic mass is 32.2. The number of carboxylic acid groups (broad SMARTS) is 1. The molecule has 2 fully saturated rings. The van der Waals surface area contributed by atoms with Crippen molar-refractivity contribution in [2.24, 2.45) is 0 Å². The van der Waals surface area contributed by atoms with Crippen molar-refractivity contribution >= 4 is 52.1 Å². The van der Waals surface area contributed by atoms with Gasteiger partial charge in [0.2, 0.25) is 0 Å². The van der Waals surface area contributed by atoms with E-state index in [0.717, 1.165) is 51.4 Å². The minimum absolute atomic E-state index is 0.0295. The van der Waals surface area contributed by atoms with Crippen molar-refractivity contribution in [2.75, 3.05) is 24.5 Å². The third-order valence-corrected chi connectivity index (χ3v) is 8.93. The Morgan fingerprint density at radius 2 is 1.68 bits per heavy atom. The average molecular weight is 603 g/mol. The van der Waals surface area contributed by atoms with Crippen molar-refractivity contribution in [3.8, 4) is 6.07 Å². The van der Waals surface area contributed by atoms with E-state index in [0.29, 0.717) is 52.3 Å². The van der Waals surface area contributed by atoms with Crippen molar-refractivity contribution < 1.29 is 19.4 Å². The molecule has 1 aromatic rings. The Hall–Kier alpha value is -2.68. The maximum Gasteiger partial charge on any atom is 0.303 e. The van der Waals surface area contributed by atoms with Crippen LogP contribution in [0.3, 0.4) is 0 Å². The van der Waals surface area contributed by atoms with Crippen LogP contribution in [0.4, 0.5) is 5.82 Å². The molecule has 1 amide bonds. The molecule has 0 spiro atoms. The van der Waals surface area contributed by atoms with Crippen LogP contribution in [0.2, 0.25) is 0 Å². The summed E-state index contributed by atoms with van der Waals surface area (Å²) >= 11 is 6.85. The monoisotopic (exact) mass is 602 g/mol. The first-order valence-corrected chi connectivity index (χ1v) is 15.9. The number of unbranched alkanes of at least 4 members (excludes halogenated alkanes) is 7. The number of aliphatic carboxylic acids is 1. The fourth-order valence-electron chi connectivity index (χ4n) is 5.56. The number of aromatic nitrogens is 1. The number of nitrogens with zero attached hydrogens (tertiary/aromatic N) is 4. The zero-order valence-corrected chi connectivity index (χ0v) is 26.2. The zero-order chi connectivity index (χ0) is 30.1. The standard InChI is InChI=1S/C30H42N4O5S2/c1-5-33-27(32-18-20(2)39-21(3)19-32)23(22(4)24(17-31)28(33)37)16-25-29(38)34(30(40)41-25)15-13-11-9-7-6-8-10-12-14-26(35)36/h16,20-21H,5-15,18-19H2,1-4H3,(H,35,36)/b25-16+. The van der Waals surface area contributed by atoms with Gasteiger partial charge in [0.1, 0.15) is 21.8 Å². The number of thiocarbonyl (C=S) groups is 1. The molecule has 2 aliphatic rings. The number of nitriles is 1. The Kier molecular flexibility index (Phi) is 12.4. The van der Waals surface area contributed by atoms with E-state index in [2.05, 4.69) is 11.0 Å². The number of hydrogen-bond donors (Lipinski definition) is 1. The summed E-state index contributed by atoms with van der Waals surface area (Å²) in [7, 11) is 0. The van der Waals surface area contributed by atoms with Gasteiger partial charge in [-0.1, -0.05) is 62.5 Å². The van der Waals surface area contributed by atoms with Crippen molar-refractivity contribution in [1.29, 1.82) is 5.26 Å². The second kappa shape index (κ2) is 15.5. The Balaban J connectivity index is 1.73. The Labute approximate surface area is 252 Å². The molecule has 9 nitrogen and oxygen atoms in total. The fourth-order valence-corrected chi connectivity index (χ4v) is 6.85. The van der Waals surface area contributed by atoms with Crippen LogP contribution >= 0.6 is 24.0 Å². The van der Waals surface area contributed by atoms with E-state index in [4.69, 9.17) is 22.1 Å². The van der Waals surface area contributed by atoms with Crippen LogP contribution < -0.4 is 10.5 Å². The molecular weight excluding hydrogens is 560 g/mol. The highest BCUT2D eigenvalue weighted by Crippen LogP contribution is 2.36. The molecule has 0 radical (unpaired) electrons. The Bertz CT molecular complexity index is 1260. The predicted molar refractivity (Wildman–Crippen MR) is 167 cm³/mol. The first-order valence-electron chi connectivity index (χ1n) is 14.6. The van der Waals surface area contributed by atoms with Gasteiger partial charge >= 0.3 is 5.97 Å². The zero-order valence-electron chi connectivity index (χ0n) is 24.6. The van der Waals surface area contributed by atoms with E-state index < -0.39 is 5.97 Å². The summed E-state index contributed by atoms with van der Waals surface area (Å²) in [5, 5.41) is 18.5. The molecule has 0 saturated carbocycles. The summed E-state index contributed by atoms with van der Waals surface area (Å²) in [5.74, 6) is -0.158. The number of amides is 1. The summed E-state index contributed by atoms with van der Waals surface area (Å²) in [6, 6.07) is 2.09. The molecule has 1 N–H and O–H groups in total. The highest BCUT2D eigenvalue weighted by molar-refractivity contribution is 8.26. The van der Waals surface area contributed by atoms with E-state index >= 15 is 0 Å². The van der Waals surface area contributed by atoms with Gasteiger partial charge in [-0.3, -0.25) is 23.9 Å². The number of rotatable bonds is 14. The Morgan fingerprint density at radius 3 is 2.24 bits per heavy atom. The first-order chi connectivity index (χ1) is 19.6. The lowest BCUT2D eigenvalue weighted by Crippen LogP contribution is -2.48. The van der Waals surface area contributed by atoms with E-state index in [-0.39, 0.29) is 35.7 Å². The second-order valence-electron chi connectivity index (χ2n) is 10.9. The smallest absolute Gasteiger partial charge is 0.303 e. The molecule has 2 aliphatic heterocycles. The van der Waals surface area contributed by atoms with Gasteiger partial charge < -0.3 is 14.7 Å². The van der Waals surface area contributed by atoms with Gasteiger partial charge in [0.15, 0.2) is 0 Å². The molecule has 0 bridgehead atoms. The van der Waals surface area contributed by atoms with E-state index in [9.17, 15) is 19.6 Å². The quantitative estimate of drug-likeness (QED) is 0.168. The summed E-state index contributed by atoms with van der Waals surface area (Å²) in [6.07, 6.45) is 9.84. The van der Waals surface area contributed by atoms with E-state index in [1.54, 1.807) is 16.4 Å². The minimum atomic E-state index is -0.732. The number of carboxylic acids is 1. The summed E-state index contributed by atoms with van der Waals surface area (Å²) in [5.41, 5.74) is 1.04. The van der Waals surface area contributed by atoms with Gasteiger partial charge in [-0.15, -0.1) is 0 Å². The first kappa shape index (κ1) is 32.8. The molecule has 11 heteroatoms. The average Bonchev–Trinajstić information content (AvgIpc) is 3.17. The second-order valence-corrected chi connectivity index (χ2v) is 12.5. The molecule has 3 heterocycles. The van der Waals surface area contributed by atoms with Crippen LogP contribution in [-0.4, -0.2) is 62.6 Å². The number of ether oxygens (including phenoxy) is 1. The SMILES string of the molecule is CCn1c(N2CC(C)OC(C)C2)c(/C=C2/SC(=S)N(CCCCCCCCCCC(=O)O)C2=O)c(C)c(C#N)c1=O. The van der Waals surface area contributed by atoms with Gasteiger partial charge in [0.05, 0.1) is 17.1 Å². The molecule has 41 heavy (non-hydrogen) atoms. The number of anilines is 1. The summed E-state index contributed by atoms with van der Waals surface area (Å²) in [6.45, 7) is 9.81. The third-order valence-electron chi connectivity index (χ3n) is 7.55. The van der Waals surface area contributed by atoms with Crippen molar-refractivity contribution in [3.05, 3.63) is 31.9 Å². The maximum absolute atomic E-state index is 13.5. The lowest BCUT2D eigenvalue weighted by atomic mass is 10.0. The van der Waals surface area contributed by atoms with Crippen LogP contribution in [-0.2, 0) is 20.9 Å². The highest BCUT2D eigenvalue weighted by Gasteiger charge is 2.34. The molecule has 3 rings (SSSR count). The van der Waals surface area contributed by atoms with Crippen LogP contribution in [0.5, 0.6) is 0 Å². The summed E-state index contributed by atoms with van der Waals surface area (Å²) < 4.78 is 8.09. The molecule has 224 valence electrons. The van der Waals surface area contributed by atoms with Gasteiger partial charge in [-0.05, 0) is 52.2 Å². The Morgan fingerprint density at radius 1 is 1.10 bits per heavy atom. The van der Waals surface area contributed by atoms with E-state index in [1.807, 2.05) is 26.8 Å². The van der Waals surface area contributed by atoms with Gasteiger partial charge in [-0.25, -0.2) is 0 Å². The molecule has 1 aromatic heterocycles. The number of pyridine rings is 1. The predicted octanol–water partition coefficient (Wildman–Crippen LogP) is 5.46. The molecule has 0 aromatic carbocycles. The number of thioether (sulfide) groups is 1. The van der Waals surface area contributed by atoms with Crippen LogP contribution in [0.25, 0.3) is 6.08 Å². The lowest BCUT2D eigenvalue weighted by molar-refractivity contribution is -0.137. The fraction of sp³-hybridized carbons (Fsp3) is 0.633. The maximum atomic E-state index is 13.5. The molecule has 2 unspecified atom stereocenters. The van der Waals surface area contributed by atoms with Crippen LogP contribution in [0.15, 0.2) is 9.70 Å². The number of morpholine rings is 1. The van der Waals surface area contributed by atoms with Crippen molar-refractivity contribution in [1.82, 2.24) is 9.47 Å². The summed E-state index contributed by atoms with van der Waals surface area (Å²) in [4.78, 5) is 41.6. The van der Waals surface area contributed by atoms with Crippen LogP contribution in [0.1, 0.15) is 95.2 Å². The number of carbonyl (C=O) groups excluding carboxylic acids is 1. The van der Waals surface area contributed by atoms with Crippen LogP contribution in [0, 0.1) is 18.3 Å². The van der Waals surface area contributed by atoms with Crippen molar-refractivity contribution in [2.45, 2.75) is 104 Å². The number of carbonyl (C=O) groups is 2. The van der Waals surface area contributed by atoms with Gasteiger partial charge in [-0.2, -0.15) is 5.26 Å². The van der Waals surface area contributed by atoms with Gasteiger partial charge in [0, 0.05) is 38.2 Å². The molecular formula is C30H42N4O5S2. The van der Waals surface area contributed by atoms with Crippen molar-refractivity contribution in [3.63, 3.8) is 0 Å². The molecule has 2 atom stereocenters. The number of hydrogen-bond acceptors (Lipinski definition) is 8. The minimum Gasteiger partial charge on any atom is -0.481 e. The molecule has 0 aliphatic carbocycles. The van der Waals surface area contributed by atoms with Gasteiger partial charge in [0.25, 0.3) is 11.5 Å².